The van der Waals surface area contributed by atoms with Crippen LogP contribution in [0.2, 0.25) is 0 Å². The van der Waals surface area contributed by atoms with Gasteiger partial charge in [-0.2, -0.15) is 0 Å². The molecule has 1 aromatic heterocycles. The van der Waals surface area contributed by atoms with Crippen LogP contribution >= 0.6 is 11.5 Å². The molecular weight excluding hydrogens is 160 g/mol. The minimum absolute atomic E-state index is 0.851. The van der Waals surface area contributed by atoms with Gasteiger partial charge in [-0.25, -0.2) is 0 Å². The van der Waals surface area contributed by atoms with Crippen molar-refractivity contribution in [2.24, 2.45) is 0 Å². The monoisotopic (exact) mass is 166 g/mol. The van der Waals surface area contributed by atoms with Gasteiger partial charge in [0.15, 0.2) is 0 Å². The summed E-state index contributed by atoms with van der Waals surface area (Å²) in [6.07, 6.45) is 0. The largest absolute Gasteiger partial charge is 0.497 e. The molecule has 1 aromatic carbocycles. The molecule has 3 nitrogen and oxygen atoms in total. The molecule has 0 bridgehead atoms. The van der Waals surface area contributed by atoms with Crippen LogP contribution < -0.4 is 4.74 Å². The minimum Gasteiger partial charge on any atom is -0.497 e. The lowest BCUT2D eigenvalue weighted by Gasteiger charge is -1.95. The molecule has 0 saturated heterocycles. The Labute approximate surface area is 67.8 Å². The molecule has 0 amide bonds. The van der Waals surface area contributed by atoms with Crippen LogP contribution in [-0.4, -0.2) is 16.7 Å². The predicted molar refractivity (Wildman–Crippen MR) is 44.0 cm³/mol. The van der Waals surface area contributed by atoms with Crippen molar-refractivity contribution in [3.05, 3.63) is 18.2 Å². The first-order chi connectivity index (χ1) is 5.40. The number of rotatable bonds is 1. The van der Waals surface area contributed by atoms with Gasteiger partial charge in [-0.3, -0.25) is 0 Å². The topological polar surface area (TPSA) is 35.0 Å². The van der Waals surface area contributed by atoms with Crippen LogP contribution in [0.5, 0.6) is 5.75 Å². The molecule has 56 valence electrons. The van der Waals surface area contributed by atoms with Gasteiger partial charge >= 0.3 is 0 Å². The Morgan fingerprint density at radius 3 is 3.18 bits per heavy atom. The molecule has 0 aliphatic carbocycles. The number of methoxy groups -OCH3 is 1. The summed E-state index contributed by atoms with van der Waals surface area (Å²) in [4.78, 5) is 0. The van der Waals surface area contributed by atoms with E-state index in [1.54, 1.807) is 7.11 Å². The van der Waals surface area contributed by atoms with Crippen molar-refractivity contribution in [3.63, 3.8) is 0 Å². The number of aromatic nitrogens is 2. The summed E-state index contributed by atoms with van der Waals surface area (Å²) in [5, 5.41) is 3.91. The third kappa shape index (κ3) is 1.05. The van der Waals surface area contributed by atoms with E-state index in [4.69, 9.17) is 4.74 Å². The highest BCUT2D eigenvalue weighted by Crippen LogP contribution is 2.20. The summed E-state index contributed by atoms with van der Waals surface area (Å²) in [5.74, 6) is 0.851. The van der Waals surface area contributed by atoms with Crippen molar-refractivity contribution in [1.29, 1.82) is 0 Å². The van der Waals surface area contributed by atoms with E-state index in [1.807, 2.05) is 18.2 Å². The third-order valence-electron chi connectivity index (χ3n) is 1.45. The molecule has 0 atom stereocenters. The average molecular weight is 166 g/mol. The van der Waals surface area contributed by atoms with Crippen LogP contribution in [0.1, 0.15) is 0 Å². The molecule has 0 radical (unpaired) electrons. The Hall–Kier alpha value is -1.16. The smallest absolute Gasteiger partial charge is 0.120 e. The van der Waals surface area contributed by atoms with Crippen LogP contribution in [0.25, 0.3) is 10.2 Å². The van der Waals surface area contributed by atoms with Gasteiger partial charge in [-0.05, 0) is 23.7 Å². The average Bonchev–Trinajstić information content (AvgIpc) is 2.50. The van der Waals surface area contributed by atoms with E-state index in [9.17, 15) is 0 Å². The number of ether oxygens (including phenoxy) is 1. The number of hydrogen-bond donors (Lipinski definition) is 0. The zero-order chi connectivity index (χ0) is 7.68. The first-order valence-corrected chi connectivity index (χ1v) is 3.93. The maximum Gasteiger partial charge on any atom is 0.120 e. The molecule has 11 heavy (non-hydrogen) atoms. The van der Waals surface area contributed by atoms with Crippen molar-refractivity contribution in [2.75, 3.05) is 7.11 Å². The molecule has 0 spiro atoms. The van der Waals surface area contributed by atoms with Gasteiger partial charge in [-0.1, -0.05) is 4.49 Å². The fourth-order valence-corrected chi connectivity index (χ4v) is 1.47. The molecule has 1 heterocycles. The van der Waals surface area contributed by atoms with E-state index in [0.29, 0.717) is 0 Å². The summed E-state index contributed by atoms with van der Waals surface area (Å²) in [5.41, 5.74) is 0.927. The lowest BCUT2D eigenvalue weighted by atomic mass is 10.3. The lowest BCUT2D eigenvalue weighted by molar-refractivity contribution is 0.415. The fourth-order valence-electron chi connectivity index (χ4n) is 0.886. The SMILES string of the molecule is COc1ccc2nnsc2c1. The number of fused-ring (bicyclic) bond motifs is 1. The van der Waals surface area contributed by atoms with E-state index < -0.39 is 0 Å². The molecule has 0 saturated carbocycles. The second-order valence-electron chi connectivity index (χ2n) is 2.11. The van der Waals surface area contributed by atoms with Crippen LogP contribution in [-0.2, 0) is 0 Å². The first kappa shape index (κ1) is 6.54. The number of hydrogen-bond acceptors (Lipinski definition) is 4. The maximum absolute atomic E-state index is 5.04. The Kier molecular flexibility index (Phi) is 1.47. The van der Waals surface area contributed by atoms with Crippen molar-refractivity contribution in [1.82, 2.24) is 9.59 Å². The van der Waals surface area contributed by atoms with Gasteiger partial charge in [0.1, 0.15) is 11.3 Å². The standard InChI is InChI=1S/C7H6N2OS/c1-10-5-2-3-6-7(4-5)11-9-8-6/h2-4H,1H3. The number of benzene rings is 1. The summed E-state index contributed by atoms with van der Waals surface area (Å²) in [7, 11) is 1.65. The minimum atomic E-state index is 0.851. The predicted octanol–water partition coefficient (Wildman–Crippen LogP) is 1.70. The molecule has 0 aliphatic rings. The summed E-state index contributed by atoms with van der Waals surface area (Å²) >= 11 is 1.38. The molecule has 0 N–H and O–H groups in total. The van der Waals surface area contributed by atoms with Crippen LogP contribution in [0.15, 0.2) is 18.2 Å². The summed E-state index contributed by atoms with van der Waals surface area (Å²) in [6, 6.07) is 5.71. The second kappa shape index (κ2) is 2.47. The molecule has 0 unspecified atom stereocenters. The van der Waals surface area contributed by atoms with Gasteiger partial charge < -0.3 is 4.74 Å². The van der Waals surface area contributed by atoms with Gasteiger partial charge in [-0.15, -0.1) is 5.10 Å². The van der Waals surface area contributed by atoms with E-state index in [0.717, 1.165) is 16.0 Å². The summed E-state index contributed by atoms with van der Waals surface area (Å²) in [6.45, 7) is 0. The van der Waals surface area contributed by atoms with E-state index in [2.05, 4.69) is 9.59 Å². The van der Waals surface area contributed by atoms with Crippen LogP contribution in [0.3, 0.4) is 0 Å². The molecule has 2 rings (SSSR count). The Morgan fingerprint density at radius 2 is 2.36 bits per heavy atom. The zero-order valence-electron chi connectivity index (χ0n) is 5.94. The highest BCUT2D eigenvalue weighted by Gasteiger charge is 1.98. The van der Waals surface area contributed by atoms with Gasteiger partial charge in [0.25, 0.3) is 0 Å². The highest BCUT2D eigenvalue weighted by atomic mass is 32.1. The zero-order valence-corrected chi connectivity index (χ0v) is 6.76. The Bertz CT molecular complexity index is 371. The van der Waals surface area contributed by atoms with Crippen molar-refractivity contribution >= 4 is 21.7 Å². The molecule has 2 aromatic rings. The van der Waals surface area contributed by atoms with Gasteiger partial charge in [0.05, 0.1) is 11.8 Å². The third-order valence-corrected chi connectivity index (χ3v) is 2.14. The molecule has 0 aliphatic heterocycles. The molecule has 0 fully saturated rings. The first-order valence-electron chi connectivity index (χ1n) is 3.16. The summed E-state index contributed by atoms with van der Waals surface area (Å²) < 4.78 is 9.92. The van der Waals surface area contributed by atoms with Crippen molar-refractivity contribution in [3.8, 4) is 5.75 Å². The van der Waals surface area contributed by atoms with Crippen molar-refractivity contribution < 1.29 is 4.74 Å². The number of nitrogens with zero attached hydrogens (tertiary/aromatic N) is 2. The normalized spacial score (nSPS) is 10.3. The van der Waals surface area contributed by atoms with Gasteiger partial charge in [0, 0.05) is 6.07 Å². The molecular formula is C7H6N2OS. The maximum atomic E-state index is 5.04. The van der Waals surface area contributed by atoms with Gasteiger partial charge in [0.2, 0.25) is 0 Å². The van der Waals surface area contributed by atoms with E-state index >= 15 is 0 Å². The van der Waals surface area contributed by atoms with Crippen molar-refractivity contribution in [2.45, 2.75) is 0 Å². The second-order valence-corrected chi connectivity index (χ2v) is 2.89. The highest BCUT2D eigenvalue weighted by molar-refractivity contribution is 7.12. The van der Waals surface area contributed by atoms with E-state index in [-0.39, 0.29) is 0 Å². The Balaban J connectivity index is 2.67. The lowest BCUT2D eigenvalue weighted by Crippen LogP contribution is -1.80. The van der Waals surface area contributed by atoms with Crippen LogP contribution in [0.4, 0.5) is 0 Å². The Morgan fingerprint density at radius 1 is 1.45 bits per heavy atom. The fraction of sp³-hybridized carbons (Fsp3) is 0.143. The quantitative estimate of drug-likeness (QED) is 0.646. The van der Waals surface area contributed by atoms with Crippen LogP contribution in [0, 0.1) is 0 Å². The van der Waals surface area contributed by atoms with E-state index in [1.165, 1.54) is 11.5 Å². The molecule has 4 heteroatoms.